The van der Waals surface area contributed by atoms with Crippen LogP contribution in [0.4, 0.5) is 10.1 Å². The van der Waals surface area contributed by atoms with Gasteiger partial charge in [-0.25, -0.2) is 4.39 Å². The molecule has 0 aliphatic carbocycles. The molecule has 0 saturated carbocycles. The number of hydrogen-bond donors (Lipinski definition) is 2. The Kier molecular flexibility index (Phi) is 5.46. The van der Waals surface area contributed by atoms with Gasteiger partial charge >= 0.3 is 0 Å². The molecule has 4 heteroatoms. The molecule has 0 bridgehead atoms. The minimum Gasteiger partial charge on any atom is -0.399 e. The Hall–Kier alpha value is -1.58. The van der Waals surface area contributed by atoms with Crippen molar-refractivity contribution in [3.63, 3.8) is 0 Å². The molecule has 0 atom stereocenters. The Morgan fingerprint density at radius 3 is 2.76 bits per heavy atom. The molecule has 1 aromatic carbocycles. The first-order chi connectivity index (χ1) is 8.15. The van der Waals surface area contributed by atoms with Gasteiger partial charge in [0.15, 0.2) is 0 Å². The van der Waals surface area contributed by atoms with Gasteiger partial charge in [-0.2, -0.15) is 0 Å². The van der Waals surface area contributed by atoms with Gasteiger partial charge in [0.05, 0.1) is 5.56 Å². The number of benzene rings is 1. The van der Waals surface area contributed by atoms with Crippen molar-refractivity contribution in [2.75, 3.05) is 12.3 Å². The molecule has 0 aliphatic rings. The van der Waals surface area contributed by atoms with Crippen LogP contribution in [0.1, 0.15) is 43.0 Å². The summed E-state index contributed by atoms with van der Waals surface area (Å²) in [5, 5.41) is 2.70. The molecule has 0 saturated heterocycles. The summed E-state index contributed by atoms with van der Waals surface area (Å²) in [6.45, 7) is 2.71. The van der Waals surface area contributed by atoms with Crippen molar-refractivity contribution in [3.05, 3.63) is 29.6 Å². The Morgan fingerprint density at radius 2 is 2.12 bits per heavy atom. The average Bonchev–Trinajstić information content (AvgIpc) is 2.28. The van der Waals surface area contributed by atoms with E-state index in [-0.39, 0.29) is 11.5 Å². The van der Waals surface area contributed by atoms with Crippen molar-refractivity contribution in [2.24, 2.45) is 0 Å². The second-order valence-electron chi connectivity index (χ2n) is 4.06. The zero-order chi connectivity index (χ0) is 12.7. The van der Waals surface area contributed by atoms with E-state index in [0.717, 1.165) is 31.7 Å². The number of carbonyl (C=O) groups excluding carboxylic acids is 1. The zero-order valence-corrected chi connectivity index (χ0v) is 10.1. The maximum absolute atomic E-state index is 13.4. The fourth-order valence-electron chi connectivity index (χ4n) is 1.56. The van der Waals surface area contributed by atoms with Crippen LogP contribution in [0.3, 0.4) is 0 Å². The first kappa shape index (κ1) is 13.5. The first-order valence-corrected chi connectivity index (χ1v) is 5.98. The van der Waals surface area contributed by atoms with Gasteiger partial charge in [0.2, 0.25) is 0 Å². The van der Waals surface area contributed by atoms with Crippen LogP contribution in [0.25, 0.3) is 0 Å². The maximum atomic E-state index is 13.4. The Bertz CT molecular complexity index is 380. The van der Waals surface area contributed by atoms with Gasteiger partial charge in [0.1, 0.15) is 5.82 Å². The number of hydrogen-bond acceptors (Lipinski definition) is 2. The van der Waals surface area contributed by atoms with Gasteiger partial charge in [-0.05, 0) is 24.6 Å². The van der Waals surface area contributed by atoms with Gasteiger partial charge < -0.3 is 11.1 Å². The first-order valence-electron chi connectivity index (χ1n) is 5.98. The van der Waals surface area contributed by atoms with Crippen LogP contribution in [-0.2, 0) is 0 Å². The van der Waals surface area contributed by atoms with E-state index in [0.29, 0.717) is 12.2 Å². The lowest BCUT2D eigenvalue weighted by molar-refractivity contribution is 0.0949. The molecule has 17 heavy (non-hydrogen) atoms. The number of rotatable bonds is 6. The van der Waals surface area contributed by atoms with Crippen molar-refractivity contribution in [1.82, 2.24) is 5.32 Å². The summed E-state index contributed by atoms with van der Waals surface area (Å²) in [6.07, 6.45) is 4.32. The van der Waals surface area contributed by atoms with Crippen molar-refractivity contribution in [1.29, 1.82) is 0 Å². The summed E-state index contributed by atoms with van der Waals surface area (Å²) in [7, 11) is 0. The minimum atomic E-state index is -0.573. The lowest BCUT2D eigenvalue weighted by Gasteiger charge is -2.06. The molecule has 0 aliphatic heterocycles. The normalized spacial score (nSPS) is 10.2. The molecule has 1 rings (SSSR count). The molecule has 94 valence electrons. The fraction of sp³-hybridized carbons (Fsp3) is 0.462. The third-order valence-electron chi connectivity index (χ3n) is 2.55. The lowest BCUT2D eigenvalue weighted by atomic mass is 10.1. The number of carbonyl (C=O) groups is 1. The van der Waals surface area contributed by atoms with Crippen LogP contribution in [0, 0.1) is 5.82 Å². The molecule has 0 unspecified atom stereocenters. The Morgan fingerprint density at radius 1 is 1.35 bits per heavy atom. The molecule has 1 aromatic rings. The number of unbranched alkanes of at least 4 members (excludes halogenated alkanes) is 3. The number of nitrogens with two attached hydrogens (primary N) is 1. The molecule has 0 heterocycles. The summed E-state index contributed by atoms with van der Waals surface area (Å²) in [6, 6.07) is 4.09. The largest absolute Gasteiger partial charge is 0.399 e. The van der Waals surface area contributed by atoms with Crippen LogP contribution in [-0.4, -0.2) is 12.5 Å². The predicted octanol–water partition coefficient (Wildman–Crippen LogP) is 2.72. The average molecular weight is 238 g/mol. The van der Waals surface area contributed by atoms with Crippen LogP contribution in [0.15, 0.2) is 18.2 Å². The third-order valence-corrected chi connectivity index (χ3v) is 2.55. The summed E-state index contributed by atoms with van der Waals surface area (Å²) in [4.78, 5) is 11.6. The molecule has 1 amide bonds. The van der Waals surface area contributed by atoms with E-state index in [1.807, 2.05) is 0 Å². The second kappa shape index (κ2) is 6.89. The molecular formula is C13H19FN2O. The Balaban J connectivity index is 2.42. The molecule has 3 N–H and O–H groups in total. The van der Waals surface area contributed by atoms with Crippen molar-refractivity contribution in [2.45, 2.75) is 32.6 Å². The molecule has 3 nitrogen and oxygen atoms in total. The number of nitrogens with one attached hydrogen (secondary N) is 1. The summed E-state index contributed by atoms with van der Waals surface area (Å²) >= 11 is 0. The van der Waals surface area contributed by atoms with Crippen LogP contribution >= 0.6 is 0 Å². The van der Waals surface area contributed by atoms with Crippen molar-refractivity contribution in [3.8, 4) is 0 Å². The molecule has 0 aromatic heterocycles. The Labute approximate surface area is 101 Å². The van der Waals surface area contributed by atoms with Crippen LogP contribution in [0.2, 0.25) is 0 Å². The topological polar surface area (TPSA) is 55.1 Å². The highest BCUT2D eigenvalue weighted by Gasteiger charge is 2.10. The fourth-order valence-corrected chi connectivity index (χ4v) is 1.56. The van der Waals surface area contributed by atoms with Gasteiger partial charge in [-0.1, -0.05) is 26.2 Å². The predicted molar refractivity (Wildman–Crippen MR) is 67.3 cm³/mol. The van der Waals surface area contributed by atoms with Crippen LogP contribution < -0.4 is 11.1 Å². The quantitative estimate of drug-likeness (QED) is 0.591. The van der Waals surface area contributed by atoms with Crippen LogP contribution in [0.5, 0.6) is 0 Å². The smallest absolute Gasteiger partial charge is 0.254 e. The van der Waals surface area contributed by atoms with Gasteiger partial charge in [-0.3, -0.25) is 4.79 Å². The molecule has 0 fully saturated rings. The van der Waals surface area contributed by atoms with E-state index in [2.05, 4.69) is 12.2 Å². The highest BCUT2D eigenvalue weighted by Crippen LogP contribution is 2.11. The second-order valence-corrected chi connectivity index (χ2v) is 4.06. The maximum Gasteiger partial charge on any atom is 0.254 e. The number of amides is 1. The van der Waals surface area contributed by atoms with Gasteiger partial charge in [0.25, 0.3) is 5.91 Å². The number of nitrogen functional groups attached to an aromatic ring is 1. The van der Waals surface area contributed by atoms with E-state index in [1.165, 1.54) is 12.1 Å². The number of anilines is 1. The monoisotopic (exact) mass is 238 g/mol. The van der Waals surface area contributed by atoms with E-state index in [4.69, 9.17) is 5.73 Å². The molecule has 0 spiro atoms. The van der Waals surface area contributed by atoms with Crippen molar-refractivity contribution < 1.29 is 9.18 Å². The summed E-state index contributed by atoms with van der Waals surface area (Å²) in [5.74, 6) is -0.949. The van der Waals surface area contributed by atoms with E-state index in [1.54, 1.807) is 0 Å². The summed E-state index contributed by atoms with van der Waals surface area (Å²) in [5.41, 5.74) is 5.78. The SMILES string of the molecule is CCCCCCNC(=O)c1ccc(N)cc1F. The van der Waals surface area contributed by atoms with Crippen molar-refractivity contribution >= 4 is 11.6 Å². The lowest BCUT2D eigenvalue weighted by Crippen LogP contribution is -2.25. The van der Waals surface area contributed by atoms with E-state index < -0.39 is 5.82 Å². The zero-order valence-electron chi connectivity index (χ0n) is 10.1. The third kappa shape index (κ3) is 4.43. The van der Waals surface area contributed by atoms with E-state index in [9.17, 15) is 9.18 Å². The summed E-state index contributed by atoms with van der Waals surface area (Å²) < 4.78 is 13.4. The minimum absolute atomic E-state index is 0.0506. The highest BCUT2D eigenvalue weighted by atomic mass is 19.1. The highest BCUT2D eigenvalue weighted by molar-refractivity contribution is 5.94. The molecule has 0 radical (unpaired) electrons. The van der Waals surface area contributed by atoms with Gasteiger partial charge in [-0.15, -0.1) is 0 Å². The number of halogens is 1. The van der Waals surface area contributed by atoms with Gasteiger partial charge in [0, 0.05) is 12.2 Å². The molecular weight excluding hydrogens is 219 g/mol. The standard InChI is InChI=1S/C13H19FN2O/c1-2-3-4-5-8-16-13(17)11-7-6-10(15)9-12(11)14/h6-7,9H,2-5,8,15H2,1H3,(H,16,17). The van der Waals surface area contributed by atoms with E-state index >= 15 is 0 Å².